The van der Waals surface area contributed by atoms with Gasteiger partial charge in [-0.05, 0) is 54.8 Å². The summed E-state index contributed by atoms with van der Waals surface area (Å²) in [6.45, 7) is 2.67. The number of nitrogens with one attached hydrogen (secondary N) is 2. The van der Waals surface area contributed by atoms with Gasteiger partial charge in [-0.15, -0.1) is 0 Å². The second-order valence-corrected chi connectivity index (χ2v) is 5.61. The molecule has 2 aromatic carbocycles. The number of hydrogen-bond acceptors (Lipinski definition) is 2. The molecule has 1 aliphatic carbocycles. The number of amides is 1. The molecule has 1 amide bonds. The van der Waals surface area contributed by atoms with Crippen LogP contribution in [0, 0.1) is 0 Å². The Hall–Kier alpha value is -2.13. The topological polar surface area (TPSA) is 41.1 Å². The monoisotopic (exact) mass is 280 g/mol. The normalized spacial score (nSPS) is 13.4. The molecule has 3 heteroatoms. The van der Waals surface area contributed by atoms with E-state index in [-0.39, 0.29) is 11.9 Å². The minimum Gasteiger partial charge on any atom is -0.350 e. The summed E-state index contributed by atoms with van der Waals surface area (Å²) in [6, 6.07) is 14.7. The van der Waals surface area contributed by atoms with Gasteiger partial charge < -0.3 is 10.6 Å². The van der Waals surface area contributed by atoms with Crippen LogP contribution in [0.3, 0.4) is 0 Å². The molecule has 1 aliphatic rings. The second kappa shape index (κ2) is 5.70. The van der Waals surface area contributed by atoms with E-state index in [0.717, 1.165) is 12.0 Å². The zero-order valence-electron chi connectivity index (χ0n) is 12.4. The number of likely N-dealkylation sites (N-methyl/N-ethyl adjacent to an activating group) is 1. The molecule has 3 rings (SSSR count). The van der Waals surface area contributed by atoms with Crippen LogP contribution in [0.4, 0.5) is 0 Å². The minimum absolute atomic E-state index is 0.00384. The van der Waals surface area contributed by atoms with Crippen LogP contribution in [0.25, 0.3) is 11.1 Å². The lowest BCUT2D eigenvalue weighted by molar-refractivity contribution is 0.0950. The standard InChI is InChI=1S/C18H20N2O/c1-12(19-2)11-20-18(21)14-7-8-17-15(10-14)9-13-5-3-4-6-16(13)17/h3-8,10,12,19H,9,11H2,1-2H3,(H,20,21). The number of carbonyl (C=O) groups excluding carboxylic acids is 1. The number of carbonyl (C=O) groups is 1. The Labute approximate surface area is 125 Å². The number of fused-ring (bicyclic) bond motifs is 3. The molecule has 0 saturated carbocycles. The van der Waals surface area contributed by atoms with Gasteiger partial charge in [-0.25, -0.2) is 0 Å². The molecule has 0 aromatic heterocycles. The first-order valence-corrected chi connectivity index (χ1v) is 7.35. The molecule has 1 atom stereocenters. The van der Waals surface area contributed by atoms with E-state index in [4.69, 9.17) is 0 Å². The van der Waals surface area contributed by atoms with Gasteiger partial charge in [0.15, 0.2) is 0 Å². The molecule has 0 spiro atoms. The van der Waals surface area contributed by atoms with E-state index in [9.17, 15) is 4.79 Å². The van der Waals surface area contributed by atoms with Gasteiger partial charge in [0, 0.05) is 18.2 Å². The third-order valence-corrected chi connectivity index (χ3v) is 4.12. The number of rotatable bonds is 4. The van der Waals surface area contributed by atoms with Crippen molar-refractivity contribution in [2.75, 3.05) is 13.6 Å². The van der Waals surface area contributed by atoms with Crippen molar-refractivity contribution in [2.45, 2.75) is 19.4 Å². The first-order chi connectivity index (χ1) is 10.2. The average Bonchev–Trinajstić information content (AvgIpc) is 2.89. The summed E-state index contributed by atoms with van der Waals surface area (Å²) in [5.41, 5.74) is 5.87. The van der Waals surface area contributed by atoms with Crippen LogP contribution in [0.5, 0.6) is 0 Å². The van der Waals surface area contributed by atoms with E-state index in [1.54, 1.807) is 0 Å². The average molecular weight is 280 g/mol. The van der Waals surface area contributed by atoms with Crippen molar-refractivity contribution in [3.05, 3.63) is 59.2 Å². The molecule has 2 N–H and O–H groups in total. The van der Waals surface area contributed by atoms with Gasteiger partial charge in [-0.1, -0.05) is 30.3 Å². The summed E-state index contributed by atoms with van der Waals surface area (Å²) < 4.78 is 0. The van der Waals surface area contributed by atoms with Gasteiger partial charge in [0.1, 0.15) is 0 Å². The largest absolute Gasteiger partial charge is 0.350 e. The first-order valence-electron chi connectivity index (χ1n) is 7.35. The molecule has 2 aromatic rings. The Bertz CT molecular complexity index is 679. The molecule has 3 nitrogen and oxygen atoms in total. The van der Waals surface area contributed by atoms with Crippen molar-refractivity contribution in [3.8, 4) is 11.1 Å². The highest BCUT2D eigenvalue weighted by atomic mass is 16.1. The van der Waals surface area contributed by atoms with Crippen molar-refractivity contribution >= 4 is 5.91 Å². The molecule has 0 aliphatic heterocycles. The van der Waals surface area contributed by atoms with Gasteiger partial charge >= 0.3 is 0 Å². The fraction of sp³-hybridized carbons (Fsp3) is 0.278. The molecule has 21 heavy (non-hydrogen) atoms. The maximum atomic E-state index is 12.2. The Morgan fingerprint density at radius 1 is 1.14 bits per heavy atom. The maximum absolute atomic E-state index is 12.2. The highest BCUT2D eigenvalue weighted by Crippen LogP contribution is 2.36. The molecule has 0 saturated heterocycles. The summed E-state index contributed by atoms with van der Waals surface area (Å²) in [5, 5.41) is 6.07. The van der Waals surface area contributed by atoms with Gasteiger partial charge in [0.2, 0.25) is 0 Å². The number of benzene rings is 2. The molecule has 108 valence electrons. The van der Waals surface area contributed by atoms with Crippen LogP contribution < -0.4 is 10.6 Å². The molecule has 0 heterocycles. The Morgan fingerprint density at radius 3 is 2.71 bits per heavy atom. The van der Waals surface area contributed by atoms with Crippen LogP contribution in [0.2, 0.25) is 0 Å². The van der Waals surface area contributed by atoms with Gasteiger partial charge in [-0.2, -0.15) is 0 Å². The van der Waals surface area contributed by atoms with Crippen molar-refractivity contribution in [1.29, 1.82) is 0 Å². The van der Waals surface area contributed by atoms with Gasteiger partial charge in [0.25, 0.3) is 5.91 Å². The molecule has 1 unspecified atom stereocenters. The van der Waals surface area contributed by atoms with Gasteiger partial charge in [0.05, 0.1) is 0 Å². The van der Waals surface area contributed by atoms with E-state index in [0.29, 0.717) is 6.54 Å². The van der Waals surface area contributed by atoms with Gasteiger partial charge in [-0.3, -0.25) is 4.79 Å². The predicted molar refractivity (Wildman–Crippen MR) is 85.5 cm³/mol. The molecular formula is C18H20N2O. The highest BCUT2D eigenvalue weighted by Gasteiger charge is 2.19. The SMILES string of the molecule is CNC(C)CNC(=O)c1ccc2c(c1)Cc1ccccc1-2. The number of hydrogen-bond donors (Lipinski definition) is 2. The van der Waals surface area contributed by atoms with Crippen molar-refractivity contribution in [1.82, 2.24) is 10.6 Å². The van der Waals surface area contributed by atoms with E-state index in [2.05, 4.69) is 41.0 Å². The Balaban J connectivity index is 1.79. The quantitative estimate of drug-likeness (QED) is 0.771. The molecular weight excluding hydrogens is 260 g/mol. The van der Waals surface area contributed by atoms with Crippen LogP contribution in [-0.2, 0) is 6.42 Å². The van der Waals surface area contributed by atoms with Crippen molar-refractivity contribution < 1.29 is 4.79 Å². The van der Waals surface area contributed by atoms with Crippen LogP contribution in [0.15, 0.2) is 42.5 Å². The Morgan fingerprint density at radius 2 is 1.90 bits per heavy atom. The van der Waals surface area contributed by atoms with E-state index in [1.165, 1.54) is 22.3 Å². The summed E-state index contributed by atoms with van der Waals surface area (Å²) in [6.07, 6.45) is 0.916. The molecule has 0 bridgehead atoms. The minimum atomic E-state index is -0.00384. The summed E-state index contributed by atoms with van der Waals surface area (Å²) in [7, 11) is 1.89. The van der Waals surface area contributed by atoms with Crippen LogP contribution in [-0.4, -0.2) is 25.5 Å². The summed E-state index contributed by atoms with van der Waals surface area (Å²) in [4.78, 5) is 12.2. The lowest BCUT2D eigenvalue weighted by Crippen LogP contribution is -2.37. The molecule has 0 radical (unpaired) electrons. The lowest BCUT2D eigenvalue weighted by Gasteiger charge is -2.12. The fourth-order valence-corrected chi connectivity index (χ4v) is 2.74. The smallest absolute Gasteiger partial charge is 0.251 e. The zero-order chi connectivity index (χ0) is 14.8. The third kappa shape index (κ3) is 2.69. The van der Waals surface area contributed by atoms with Crippen LogP contribution in [0.1, 0.15) is 28.4 Å². The summed E-state index contributed by atoms with van der Waals surface area (Å²) >= 11 is 0. The van der Waals surface area contributed by atoms with Crippen LogP contribution >= 0.6 is 0 Å². The lowest BCUT2D eigenvalue weighted by atomic mass is 10.0. The van der Waals surface area contributed by atoms with E-state index in [1.807, 2.05) is 26.1 Å². The molecule has 0 fully saturated rings. The third-order valence-electron chi connectivity index (χ3n) is 4.12. The van der Waals surface area contributed by atoms with E-state index >= 15 is 0 Å². The van der Waals surface area contributed by atoms with Crippen molar-refractivity contribution in [2.24, 2.45) is 0 Å². The van der Waals surface area contributed by atoms with Crippen molar-refractivity contribution in [3.63, 3.8) is 0 Å². The second-order valence-electron chi connectivity index (χ2n) is 5.61. The maximum Gasteiger partial charge on any atom is 0.251 e. The fourth-order valence-electron chi connectivity index (χ4n) is 2.74. The Kier molecular flexibility index (Phi) is 3.76. The first kappa shape index (κ1) is 13.8. The summed E-state index contributed by atoms with van der Waals surface area (Å²) in [5.74, 6) is -0.00384. The van der Waals surface area contributed by atoms with E-state index < -0.39 is 0 Å². The zero-order valence-corrected chi connectivity index (χ0v) is 12.4. The highest BCUT2D eigenvalue weighted by molar-refractivity contribution is 5.95. The predicted octanol–water partition coefficient (Wildman–Crippen LogP) is 2.60.